The van der Waals surface area contributed by atoms with Gasteiger partial charge in [0, 0.05) is 0 Å². The van der Waals surface area contributed by atoms with Gasteiger partial charge in [-0.25, -0.2) is 0 Å². The molecule has 0 unspecified atom stereocenters. The fraction of sp³-hybridized carbons (Fsp3) is 1.00. The third-order valence-corrected chi connectivity index (χ3v) is 2.00. The van der Waals surface area contributed by atoms with Crippen molar-refractivity contribution in [3.63, 3.8) is 0 Å². The van der Waals surface area contributed by atoms with E-state index in [-0.39, 0.29) is 0 Å². The fourth-order valence-corrected chi connectivity index (χ4v) is 1.30. The van der Waals surface area contributed by atoms with E-state index in [4.69, 9.17) is 0 Å². The van der Waals surface area contributed by atoms with E-state index in [1.165, 1.54) is 45.2 Å². The highest BCUT2D eigenvalue weighted by molar-refractivity contribution is 6.04. The molecule has 0 saturated carbocycles. The van der Waals surface area contributed by atoms with E-state index in [1.54, 1.807) is 0 Å². The molecule has 0 atom stereocenters. The summed E-state index contributed by atoms with van der Waals surface area (Å²) in [6, 6.07) is 0. The van der Waals surface area contributed by atoms with Gasteiger partial charge in [0.25, 0.3) is 0 Å². The van der Waals surface area contributed by atoms with Crippen LogP contribution in [0.25, 0.3) is 0 Å². The molecule has 0 rings (SSSR count). The van der Waals surface area contributed by atoms with Gasteiger partial charge < -0.3 is 4.81 Å². The van der Waals surface area contributed by atoms with Crippen LogP contribution in [0.3, 0.4) is 0 Å². The zero-order valence-corrected chi connectivity index (χ0v) is 8.40. The molecule has 0 bridgehead atoms. The first-order valence-electron chi connectivity index (χ1n) is 4.99. The first kappa shape index (κ1) is 11.0. The predicted octanol–water partition coefficient (Wildman–Crippen LogP) is 1.83. The molecule has 0 amide bonds. The van der Waals surface area contributed by atoms with Crippen molar-refractivity contribution in [2.45, 2.75) is 46.0 Å². The van der Waals surface area contributed by atoms with Gasteiger partial charge in [-0.15, -0.1) is 0 Å². The molecule has 0 aromatic heterocycles. The molecule has 0 aliphatic heterocycles. The Kier molecular flexibility index (Phi) is 8.14. The lowest BCUT2D eigenvalue weighted by atomic mass is 10.1. The second-order valence-electron chi connectivity index (χ2n) is 3.36. The van der Waals surface area contributed by atoms with Crippen molar-refractivity contribution >= 4 is 7.98 Å². The first-order valence-corrected chi connectivity index (χ1v) is 4.99. The lowest BCUT2D eigenvalue weighted by Crippen LogP contribution is -2.22. The summed E-state index contributed by atoms with van der Waals surface area (Å²) < 4.78 is 0. The highest BCUT2D eigenvalue weighted by Crippen LogP contribution is 1.99. The van der Waals surface area contributed by atoms with E-state index < -0.39 is 0 Å². The van der Waals surface area contributed by atoms with E-state index >= 15 is 0 Å². The minimum Gasteiger partial charge on any atom is -0.349 e. The number of rotatable bonds is 7. The van der Waals surface area contributed by atoms with Crippen LogP contribution in [0.1, 0.15) is 46.0 Å². The molecule has 0 radical (unpaired) electrons. The molecule has 11 heavy (non-hydrogen) atoms. The topological polar surface area (TPSA) is 3.24 Å². The molecule has 0 fully saturated rings. The van der Waals surface area contributed by atoms with Gasteiger partial charge >= 0.3 is 0 Å². The summed E-state index contributed by atoms with van der Waals surface area (Å²) in [5.41, 5.74) is 0. The molecule has 0 heterocycles. The molecule has 0 aliphatic rings. The van der Waals surface area contributed by atoms with Crippen molar-refractivity contribution in [3.05, 3.63) is 0 Å². The van der Waals surface area contributed by atoms with Crippen LogP contribution in [0.15, 0.2) is 0 Å². The SMILES string of the molecule is BN(CCC)CCCCCC. The fourth-order valence-electron chi connectivity index (χ4n) is 1.30. The third kappa shape index (κ3) is 7.93. The molecule has 66 valence electrons. The average Bonchev–Trinajstić information content (AvgIpc) is 1.99. The van der Waals surface area contributed by atoms with Gasteiger partial charge in [-0.3, -0.25) is 0 Å². The van der Waals surface area contributed by atoms with Crippen LogP contribution >= 0.6 is 0 Å². The monoisotopic (exact) mass is 155 g/mol. The molecule has 0 aliphatic carbocycles. The van der Waals surface area contributed by atoms with Crippen molar-refractivity contribution in [2.75, 3.05) is 13.1 Å². The summed E-state index contributed by atoms with van der Waals surface area (Å²) in [7, 11) is 2.22. The minimum atomic E-state index is 1.26. The van der Waals surface area contributed by atoms with E-state index in [2.05, 4.69) is 26.6 Å². The van der Waals surface area contributed by atoms with E-state index in [1.807, 2.05) is 0 Å². The summed E-state index contributed by atoms with van der Waals surface area (Å²) >= 11 is 0. The Bertz CT molecular complexity index is 76.0. The molecule has 0 aromatic rings. The predicted molar refractivity (Wildman–Crippen MR) is 54.6 cm³/mol. The summed E-state index contributed by atoms with van der Waals surface area (Å²) in [5.74, 6) is 0. The van der Waals surface area contributed by atoms with Crippen LogP contribution < -0.4 is 0 Å². The standard InChI is InChI=1S/C9H22BN/c1-3-5-6-7-9-11(10)8-4-2/h3-10H2,1-2H3. The maximum Gasteiger partial charge on any atom is 0.185 e. The number of unbranched alkanes of at least 4 members (excludes halogenated alkanes) is 3. The van der Waals surface area contributed by atoms with Gasteiger partial charge in [-0.05, 0) is 25.9 Å². The maximum atomic E-state index is 2.43. The lowest BCUT2D eigenvalue weighted by Gasteiger charge is -2.14. The van der Waals surface area contributed by atoms with Gasteiger partial charge in [0.15, 0.2) is 7.98 Å². The molecular weight excluding hydrogens is 133 g/mol. The van der Waals surface area contributed by atoms with Crippen LogP contribution in [0, 0.1) is 0 Å². The summed E-state index contributed by atoms with van der Waals surface area (Å²) in [4.78, 5) is 2.43. The van der Waals surface area contributed by atoms with E-state index in [0.29, 0.717) is 0 Å². The second-order valence-corrected chi connectivity index (χ2v) is 3.36. The van der Waals surface area contributed by atoms with Crippen molar-refractivity contribution in [1.29, 1.82) is 0 Å². The minimum absolute atomic E-state index is 1.26. The van der Waals surface area contributed by atoms with Gasteiger partial charge in [0.1, 0.15) is 0 Å². The lowest BCUT2D eigenvalue weighted by molar-refractivity contribution is 0.430. The molecule has 0 aromatic carbocycles. The number of nitrogens with zero attached hydrogens (tertiary/aromatic N) is 1. The molecule has 0 saturated heterocycles. The largest absolute Gasteiger partial charge is 0.349 e. The Morgan fingerprint density at radius 2 is 1.64 bits per heavy atom. The molecule has 0 N–H and O–H groups in total. The Balaban J connectivity index is 2.97. The van der Waals surface area contributed by atoms with Crippen LogP contribution in [0.2, 0.25) is 0 Å². The average molecular weight is 155 g/mol. The van der Waals surface area contributed by atoms with E-state index in [9.17, 15) is 0 Å². The number of hydrogen-bond donors (Lipinski definition) is 0. The van der Waals surface area contributed by atoms with Crippen molar-refractivity contribution in [3.8, 4) is 0 Å². The zero-order chi connectivity index (χ0) is 8.53. The van der Waals surface area contributed by atoms with Gasteiger partial charge in [-0.2, -0.15) is 0 Å². The summed E-state index contributed by atoms with van der Waals surface area (Å²) in [5, 5.41) is 0. The van der Waals surface area contributed by atoms with Crippen LogP contribution in [0.5, 0.6) is 0 Å². The zero-order valence-electron chi connectivity index (χ0n) is 8.40. The van der Waals surface area contributed by atoms with E-state index in [0.717, 1.165) is 0 Å². The second kappa shape index (κ2) is 8.12. The van der Waals surface area contributed by atoms with Crippen LogP contribution in [-0.2, 0) is 0 Å². The Labute approximate surface area is 72.6 Å². The molecule has 0 spiro atoms. The quantitative estimate of drug-likeness (QED) is 0.400. The number of hydrogen-bond acceptors (Lipinski definition) is 1. The molecule has 2 heteroatoms. The Hall–Kier alpha value is 0.0249. The highest BCUT2D eigenvalue weighted by atomic mass is 15.0. The Morgan fingerprint density at radius 3 is 2.18 bits per heavy atom. The maximum absolute atomic E-state index is 2.43. The van der Waals surface area contributed by atoms with Gasteiger partial charge in [0.05, 0.1) is 0 Å². The Morgan fingerprint density at radius 1 is 0.909 bits per heavy atom. The first-order chi connectivity index (χ1) is 5.31. The summed E-state index contributed by atoms with van der Waals surface area (Å²) in [6.07, 6.45) is 6.82. The highest BCUT2D eigenvalue weighted by Gasteiger charge is 1.94. The van der Waals surface area contributed by atoms with Gasteiger partial charge in [0.2, 0.25) is 0 Å². The van der Waals surface area contributed by atoms with Crippen molar-refractivity contribution in [2.24, 2.45) is 0 Å². The third-order valence-electron chi connectivity index (χ3n) is 2.00. The van der Waals surface area contributed by atoms with Crippen LogP contribution in [0.4, 0.5) is 0 Å². The van der Waals surface area contributed by atoms with Crippen molar-refractivity contribution < 1.29 is 0 Å². The smallest absolute Gasteiger partial charge is 0.185 e. The van der Waals surface area contributed by atoms with Crippen molar-refractivity contribution in [1.82, 2.24) is 4.81 Å². The summed E-state index contributed by atoms with van der Waals surface area (Å²) in [6.45, 7) is 7.04. The molecule has 1 nitrogen and oxygen atoms in total. The van der Waals surface area contributed by atoms with Crippen LogP contribution in [-0.4, -0.2) is 25.9 Å². The molecular formula is C9H22BN. The van der Waals surface area contributed by atoms with Gasteiger partial charge in [-0.1, -0.05) is 33.1 Å². The normalized spacial score (nSPS) is 10.8.